The summed E-state index contributed by atoms with van der Waals surface area (Å²) >= 11 is 0. The summed E-state index contributed by atoms with van der Waals surface area (Å²) in [6.07, 6.45) is 4.05. The van der Waals surface area contributed by atoms with E-state index in [2.05, 4.69) is 49.2 Å². The number of carbonyl (C=O) groups excluding carboxylic acids is 1. The number of rotatable bonds is 6. The number of fused-ring (bicyclic) bond motifs is 1. The van der Waals surface area contributed by atoms with E-state index in [9.17, 15) is 4.79 Å². The maximum atomic E-state index is 13.3. The van der Waals surface area contributed by atoms with Gasteiger partial charge in [-0.2, -0.15) is 0 Å². The average molecular weight is 435 g/mol. The van der Waals surface area contributed by atoms with E-state index in [0.29, 0.717) is 13.1 Å². The van der Waals surface area contributed by atoms with Gasteiger partial charge in [-0.05, 0) is 50.6 Å². The van der Waals surface area contributed by atoms with Crippen LogP contribution in [0.4, 0.5) is 0 Å². The monoisotopic (exact) mass is 434 g/mol. The first kappa shape index (κ1) is 22.5. The number of hydrogen-bond acceptors (Lipinski definition) is 3. The number of halogens is 1. The van der Waals surface area contributed by atoms with Crippen LogP contribution in [-0.2, 0) is 17.8 Å². The van der Waals surface area contributed by atoms with Gasteiger partial charge in [0, 0.05) is 24.5 Å². The molecule has 0 bridgehead atoms. The molecule has 0 fully saturated rings. The zero-order chi connectivity index (χ0) is 21.1. The molecule has 0 atom stereocenters. The molecule has 0 saturated heterocycles. The first-order valence-corrected chi connectivity index (χ1v) is 10.3. The molecule has 0 aliphatic heterocycles. The summed E-state index contributed by atoms with van der Waals surface area (Å²) in [6.45, 7) is 7.26. The van der Waals surface area contributed by atoms with Crippen LogP contribution in [0.15, 0.2) is 67.0 Å². The van der Waals surface area contributed by atoms with Crippen molar-refractivity contribution in [1.82, 2.24) is 19.3 Å². The lowest BCUT2D eigenvalue weighted by Gasteiger charge is -2.20. The maximum Gasteiger partial charge on any atom is 0.228 e. The average Bonchev–Trinajstić information content (AvgIpc) is 3.10. The molecule has 0 spiro atoms. The number of likely N-dealkylation sites (N-methyl/N-ethyl adjacent to an activating group) is 1. The molecule has 1 aromatic carbocycles. The van der Waals surface area contributed by atoms with E-state index in [1.807, 2.05) is 46.7 Å². The summed E-state index contributed by atoms with van der Waals surface area (Å²) in [5.41, 5.74) is 6.90. The number of hydrogen-bond donors (Lipinski definition) is 0. The van der Waals surface area contributed by atoms with Crippen molar-refractivity contribution in [1.29, 1.82) is 0 Å². The fourth-order valence-corrected chi connectivity index (χ4v) is 3.63. The summed E-state index contributed by atoms with van der Waals surface area (Å²) in [6, 6.07) is 18.2. The smallest absolute Gasteiger partial charge is 0.228 e. The molecule has 1 amide bonds. The summed E-state index contributed by atoms with van der Waals surface area (Å²) in [5, 5.41) is 0. The Hall–Kier alpha value is -3.18. The van der Waals surface area contributed by atoms with Gasteiger partial charge in [-0.25, -0.2) is 4.98 Å². The highest BCUT2D eigenvalue weighted by molar-refractivity contribution is 5.85. The van der Waals surface area contributed by atoms with E-state index in [1.54, 1.807) is 6.20 Å². The van der Waals surface area contributed by atoms with Gasteiger partial charge in [0.05, 0.1) is 30.0 Å². The second-order valence-corrected chi connectivity index (χ2v) is 7.61. The van der Waals surface area contributed by atoms with E-state index in [1.165, 1.54) is 5.56 Å². The van der Waals surface area contributed by atoms with Crippen LogP contribution in [0.3, 0.4) is 0 Å². The maximum absolute atomic E-state index is 13.3. The molecule has 0 saturated carbocycles. The summed E-state index contributed by atoms with van der Waals surface area (Å²) in [5.74, 6) is 0.0684. The molecule has 4 aromatic rings. The molecular weight excluding hydrogens is 408 g/mol. The Bertz CT molecular complexity index is 1170. The number of imidazole rings is 1. The number of nitrogens with zero attached hydrogens (tertiary/aromatic N) is 4. The molecule has 0 radical (unpaired) electrons. The minimum atomic E-state index is 0. The molecule has 0 N–H and O–H groups in total. The van der Waals surface area contributed by atoms with Gasteiger partial charge >= 0.3 is 0 Å². The van der Waals surface area contributed by atoms with Crippen LogP contribution in [0.2, 0.25) is 0 Å². The van der Waals surface area contributed by atoms with Crippen LogP contribution in [0.5, 0.6) is 0 Å². The van der Waals surface area contributed by atoms with Crippen molar-refractivity contribution in [3.8, 4) is 11.3 Å². The van der Waals surface area contributed by atoms with Crippen molar-refractivity contribution in [3.05, 3.63) is 89.5 Å². The Labute approximate surface area is 189 Å². The fourth-order valence-electron chi connectivity index (χ4n) is 3.63. The van der Waals surface area contributed by atoms with Crippen molar-refractivity contribution in [3.63, 3.8) is 0 Å². The Morgan fingerprint density at radius 1 is 1.03 bits per heavy atom. The minimum absolute atomic E-state index is 0. The molecule has 3 aromatic heterocycles. The third-order valence-electron chi connectivity index (χ3n) is 5.34. The summed E-state index contributed by atoms with van der Waals surface area (Å²) in [4.78, 5) is 24.3. The van der Waals surface area contributed by atoms with Crippen molar-refractivity contribution in [2.24, 2.45) is 0 Å². The molecule has 0 aliphatic rings. The largest absolute Gasteiger partial charge is 0.337 e. The van der Waals surface area contributed by atoms with E-state index < -0.39 is 0 Å². The highest BCUT2D eigenvalue weighted by Crippen LogP contribution is 2.26. The van der Waals surface area contributed by atoms with Gasteiger partial charge in [0.2, 0.25) is 5.91 Å². The minimum Gasteiger partial charge on any atom is -0.337 e. The van der Waals surface area contributed by atoms with Crippen LogP contribution in [0.25, 0.3) is 16.9 Å². The van der Waals surface area contributed by atoms with Crippen LogP contribution < -0.4 is 0 Å². The summed E-state index contributed by atoms with van der Waals surface area (Å²) < 4.78 is 2.04. The van der Waals surface area contributed by atoms with Crippen molar-refractivity contribution >= 4 is 24.0 Å². The Kier molecular flexibility index (Phi) is 7.08. The van der Waals surface area contributed by atoms with E-state index in [4.69, 9.17) is 4.98 Å². The Balaban J connectivity index is 0.00000272. The van der Waals surface area contributed by atoms with E-state index >= 15 is 0 Å². The molecule has 3 heterocycles. The van der Waals surface area contributed by atoms with E-state index in [0.717, 1.165) is 33.9 Å². The Morgan fingerprint density at radius 3 is 2.48 bits per heavy atom. The quantitative estimate of drug-likeness (QED) is 0.427. The standard InChI is InChI=1S/C25H26N4O.ClH/c1-4-28(17-21-7-5-6-13-26-21)24(30)16-22-25(20-10-8-18(2)9-11-20)27-23-15-19(3)12-14-29(22)23;/h5-15H,4,16-17H2,1-3H3;1H. The molecule has 0 unspecified atom stereocenters. The van der Waals surface area contributed by atoms with Crippen LogP contribution in [0.1, 0.15) is 29.4 Å². The van der Waals surface area contributed by atoms with Crippen LogP contribution in [-0.4, -0.2) is 31.7 Å². The SMILES string of the molecule is CCN(Cc1ccccn1)C(=O)Cc1c(-c2ccc(C)cc2)nc2cc(C)ccn12.Cl. The van der Waals surface area contributed by atoms with Crippen molar-refractivity contribution < 1.29 is 4.79 Å². The highest BCUT2D eigenvalue weighted by Gasteiger charge is 2.20. The number of benzene rings is 1. The number of pyridine rings is 2. The molecule has 0 aliphatic carbocycles. The second-order valence-electron chi connectivity index (χ2n) is 7.61. The van der Waals surface area contributed by atoms with Gasteiger partial charge < -0.3 is 9.30 Å². The lowest BCUT2D eigenvalue weighted by Crippen LogP contribution is -2.32. The molecule has 6 heteroatoms. The molecular formula is C25H27ClN4O. The first-order valence-electron chi connectivity index (χ1n) is 10.3. The number of aryl methyl sites for hydroxylation is 2. The highest BCUT2D eigenvalue weighted by atomic mass is 35.5. The van der Waals surface area contributed by atoms with Gasteiger partial charge in [-0.3, -0.25) is 9.78 Å². The molecule has 4 rings (SSSR count). The van der Waals surface area contributed by atoms with Gasteiger partial charge in [0.1, 0.15) is 5.65 Å². The van der Waals surface area contributed by atoms with Crippen molar-refractivity contribution in [2.75, 3.05) is 6.54 Å². The third-order valence-corrected chi connectivity index (χ3v) is 5.34. The topological polar surface area (TPSA) is 50.5 Å². The predicted molar refractivity (Wildman–Crippen MR) is 126 cm³/mol. The van der Waals surface area contributed by atoms with Crippen molar-refractivity contribution in [2.45, 2.75) is 33.7 Å². The number of carbonyl (C=O) groups is 1. The predicted octanol–water partition coefficient (Wildman–Crippen LogP) is 5.03. The lowest BCUT2D eigenvalue weighted by atomic mass is 10.1. The van der Waals surface area contributed by atoms with Gasteiger partial charge in [0.15, 0.2) is 0 Å². The van der Waals surface area contributed by atoms with Gasteiger partial charge in [-0.1, -0.05) is 35.9 Å². The molecule has 31 heavy (non-hydrogen) atoms. The number of aromatic nitrogens is 3. The Morgan fingerprint density at radius 2 is 1.81 bits per heavy atom. The van der Waals surface area contributed by atoms with Crippen LogP contribution in [0, 0.1) is 13.8 Å². The lowest BCUT2D eigenvalue weighted by molar-refractivity contribution is -0.131. The van der Waals surface area contributed by atoms with Crippen LogP contribution >= 0.6 is 12.4 Å². The first-order chi connectivity index (χ1) is 14.5. The van der Waals surface area contributed by atoms with Gasteiger partial charge in [-0.15, -0.1) is 12.4 Å². The normalized spacial score (nSPS) is 10.7. The zero-order valence-electron chi connectivity index (χ0n) is 18.1. The molecule has 5 nitrogen and oxygen atoms in total. The summed E-state index contributed by atoms with van der Waals surface area (Å²) in [7, 11) is 0. The number of amides is 1. The van der Waals surface area contributed by atoms with E-state index in [-0.39, 0.29) is 24.7 Å². The fraction of sp³-hybridized carbons (Fsp3) is 0.240. The third kappa shape index (κ3) is 4.94. The zero-order valence-corrected chi connectivity index (χ0v) is 18.9. The second kappa shape index (κ2) is 9.75. The molecule has 160 valence electrons. The van der Waals surface area contributed by atoms with Gasteiger partial charge in [0.25, 0.3) is 0 Å².